The van der Waals surface area contributed by atoms with E-state index in [2.05, 4.69) is 32.4 Å². The number of aromatic hydroxyl groups is 1. The maximum atomic E-state index is 12.7. The first-order valence-electron chi connectivity index (χ1n) is 9.61. The van der Waals surface area contributed by atoms with E-state index in [1.807, 2.05) is 0 Å². The standard InChI is InChI=1S/C22H17N5O5/c1-32-14-4-3-13-10-27(18(28)15(13)9-14)11-22(19(29)25-21(31)26-22)7-6-12-2-5-16-17(8-12)24-20(30)23-16/h2-5,8-10,28H,11H2,1H3,(H2,23,24,30)(H2,25,26,29,31)/t22-/m1/s1. The topological polar surface area (TPSA) is 141 Å². The van der Waals surface area contributed by atoms with Crippen LogP contribution in [0.2, 0.25) is 0 Å². The van der Waals surface area contributed by atoms with Gasteiger partial charge in [-0.1, -0.05) is 11.8 Å². The number of hydrogen-bond donors (Lipinski definition) is 5. The summed E-state index contributed by atoms with van der Waals surface area (Å²) in [7, 11) is 1.53. The van der Waals surface area contributed by atoms with Crippen molar-refractivity contribution in [1.82, 2.24) is 25.2 Å². The lowest BCUT2D eigenvalue weighted by atomic mass is 9.99. The lowest BCUT2D eigenvalue weighted by Gasteiger charge is -2.20. The fourth-order valence-corrected chi connectivity index (χ4v) is 3.75. The lowest BCUT2D eigenvalue weighted by Crippen LogP contribution is -2.49. The maximum Gasteiger partial charge on any atom is 0.323 e. The minimum atomic E-state index is -1.60. The molecule has 0 saturated carbocycles. The maximum absolute atomic E-state index is 12.7. The summed E-state index contributed by atoms with van der Waals surface area (Å²) in [5.41, 5.74) is -0.210. The van der Waals surface area contributed by atoms with Crippen molar-refractivity contribution in [2.45, 2.75) is 12.1 Å². The number of amides is 3. The number of benzene rings is 2. The van der Waals surface area contributed by atoms with E-state index in [0.717, 1.165) is 5.39 Å². The molecule has 0 spiro atoms. The van der Waals surface area contributed by atoms with Gasteiger partial charge in [-0.2, -0.15) is 0 Å². The normalized spacial score (nSPS) is 17.8. The van der Waals surface area contributed by atoms with Crippen LogP contribution >= 0.6 is 0 Å². The molecule has 1 saturated heterocycles. The predicted octanol–water partition coefficient (Wildman–Crippen LogP) is 1.15. The molecule has 0 unspecified atom stereocenters. The van der Waals surface area contributed by atoms with Gasteiger partial charge in [0.2, 0.25) is 5.54 Å². The number of methoxy groups -OCH3 is 1. The number of aromatic amines is 2. The average molecular weight is 431 g/mol. The fraction of sp³-hybridized carbons (Fsp3) is 0.136. The van der Waals surface area contributed by atoms with Crippen LogP contribution in [0.25, 0.3) is 21.8 Å². The Labute approximate surface area is 180 Å². The number of imide groups is 1. The Hall–Kier alpha value is -4.65. The van der Waals surface area contributed by atoms with E-state index >= 15 is 0 Å². The number of hydrogen-bond acceptors (Lipinski definition) is 5. The van der Waals surface area contributed by atoms with E-state index in [-0.39, 0.29) is 18.1 Å². The summed E-state index contributed by atoms with van der Waals surface area (Å²) in [5, 5.41) is 16.8. The van der Waals surface area contributed by atoms with E-state index in [4.69, 9.17) is 4.74 Å². The summed E-state index contributed by atoms with van der Waals surface area (Å²) in [5.74, 6) is 5.61. The number of rotatable bonds is 3. The largest absolute Gasteiger partial charge is 0.497 e. The van der Waals surface area contributed by atoms with Gasteiger partial charge in [0.15, 0.2) is 5.88 Å². The molecule has 5 rings (SSSR count). The molecule has 3 heterocycles. The van der Waals surface area contributed by atoms with Gasteiger partial charge in [-0.25, -0.2) is 9.59 Å². The van der Waals surface area contributed by atoms with Crippen molar-refractivity contribution >= 4 is 33.7 Å². The van der Waals surface area contributed by atoms with Gasteiger partial charge in [-0.15, -0.1) is 0 Å². The summed E-state index contributed by atoms with van der Waals surface area (Å²) in [6.45, 7) is -0.121. The Kier molecular flexibility index (Phi) is 4.20. The number of ether oxygens (including phenoxy) is 1. The van der Waals surface area contributed by atoms with E-state index in [1.54, 1.807) is 42.6 Å². The van der Waals surface area contributed by atoms with Crippen molar-refractivity contribution in [3.8, 4) is 23.5 Å². The number of urea groups is 1. The Bertz CT molecular complexity index is 1530. The summed E-state index contributed by atoms with van der Waals surface area (Å²) >= 11 is 0. The highest BCUT2D eigenvalue weighted by Gasteiger charge is 2.46. The molecule has 0 aliphatic carbocycles. The molecule has 32 heavy (non-hydrogen) atoms. The third kappa shape index (κ3) is 3.13. The number of carbonyl (C=O) groups excluding carboxylic acids is 2. The first kappa shape index (κ1) is 19.3. The number of aromatic nitrogens is 3. The van der Waals surface area contributed by atoms with Crippen LogP contribution in [0.4, 0.5) is 4.79 Å². The van der Waals surface area contributed by atoms with Gasteiger partial charge < -0.3 is 29.7 Å². The van der Waals surface area contributed by atoms with Crippen LogP contribution < -0.4 is 21.1 Å². The average Bonchev–Trinajstić information content (AvgIpc) is 3.38. The highest BCUT2D eigenvalue weighted by molar-refractivity contribution is 6.09. The monoisotopic (exact) mass is 431 g/mol. The Morgan fingerprint density at radius 2 is 1.91 bits per heavy atom. The van der Waals surface area contributed by atoms with Crippen LogP contribution in [0.5, 0.6) is 11.6 Å². The van der Waals surface area contributed by atoms with Gasteiger partial charge in [-0.3, -0.25) is 10.1 Å². The molecule has 2 aromatic carbocycles. The van der Waals surface area contributed by atoms with E-state index in [1.165, 1.54) is 11.7 Å². The van der Waals surface area contributed by atoms with Crippen LogP contribution in [0, 0.1) is 11.8 Å². The van der Waals surface area contributed by atoms with Crippen molar-refractivity contribution in [2.24, 2.45) is 0 Å². The number of carbonyl (C=O) groups is 2. The summed E-state index contributed by atoms with van der Waals surface area (Å²) in [4.78, 5) is 41.4. The number of nitrogens with zero attached hydrogens (tertiary/aromatic N) is 1. The summed E-state index contributed by atoms with van der Waals surface area (Å²) in [6, 6.07) is 9.59. The molecule has 1 fully saturated rings. The molecule has 1 aliphatic rings. The van der Waals surface area contributed by atoms with Crippen molar-refractivity contribution in [1.29, 1.82) is 0 Å². The van der Waals surface area contributed by atoms with Gasteiger partial charge in [0.05, 0.1) is 24.7 Å². The third-order valence-electron chi connectivity index (χ3n) is 5.35. The molecule has 10 nitrogen and oxygen atoms in total. The molecule has 2 aromatic heterocycles. The lowest BCUT2D eigenvalue weighted by molar-refractivity contribution is -0.122. The predicted molar refractivity (Wildman–Crippen MR) is 115 cm³/mol. The Morgan fingerprint density at radius 1 is 1.09 bits per heavy atom. The Balaban J connectivity index is 1.56. The Morgan fingerprint density at radius 3 is 2.66 bits per heavy atom. The number of fused-ring (bicyclic) bond motifs is 2. The minimum Gasteiger partial charge on any atom is -0.497 e. The van der Waals surface area contributed by atoms with Crippen LogP contribution in [0.15, 0.2) is 47.4 Å². The summed E-state index contributed by atoms with van der Waals surface area (Å²) in [6.07, 6.45) is 1.67. The highest BCUT2D eigenvalue weighted by atomic mass is 16.5. The molecule has 3 amide bonds. The van der Waals surface area contributed by atoms with Crippen LogP contribution in [-0.2, 0) is 11.3 Å². The molecule has 1 aliphatic heterocycles. The van der Waals surface area contributed by atoms with Gasteiger partial charge in [0, 0.05) is 22.5 Å². The first-order valence-corrected chi connectivity index (χ1v) is 9.61. The molecule has 160 valence electrons. The molecule has 5 N–H and O–H groups in total. The van der Waals surface area contributed by atoms with E-state index < -0.39 is 17.5 Å². The number of imidazole rings is 1. The smallest absolute Gasteiger partial charge is 0.323 e. The molecule has 0 radical (unpaired) electrons. The zero-order valence-corrected chi connectivity index (χ0v) is 16.8. The SMILES string of the molecule is COc1ccc2cn(C[C@@]3(C#Cc4ccc5[nH]c(=O)[nH]c5c4)NC(=O)NC3=O)c(O)c2c1. The zero-order valence-electron chi connectivity index (χ0n) is 16.8. The van der Waals surface area contributed by atoms with Gasteiger partial charge in [-0.05, 0) is 36.4 Å². The fourth-order valence-electron chi connectivity index (χ4n) is 3.75. The van der Waals surface area contributed by atoms with Gasteiger partial charge in [0.1, 0.15) is 5.75 Å². The van der Waals surface area contributed by atoms with Gasteiger partial charge in [0.25, 0.3) is 5.91 Å². The van der Waals surface area contributed by atoms with E-state index in [9.17, 15) is 19.5 Å². The van der Waals surface area contributed by atoms with Crippen LogP contribution in [0.3, 0.4) is 0 Å². The number of H-pyrrole nitrogens is 2. The molecule has 4 aromatic rings. The highest BCUT2D eigenvalue weighted by Crippen LogP contribution is 2.32. The minimum absolute atomic E-state index is 0.0830. The second-order valence-corrected chi connectivity index (χ2v) is 7.44. The molecule has 1 atom stereocenters. The van der Waals surface area contributed by atoms with Crippen molar-refractivity contribution in [3.63, 3.8) is 0 Å². The quantitative estimate of drug-likeness (QED) is 0.244. The zero-order chi connectivity index (χ0) is 22.5. The molecular weight excluding hydrogens is 414 g/mol. The van der Waals surface area contributed by atoms with Crippen LogP contribution in [0.1, 0.15) is 5.56 Å². The van der Waals surface area contributed by atoms with Crippen LogP contribution in [-0.4, -0.2) is 44.2 Å². The third-order valence-corrected chi connectivity index (χ3v) is 5.35. The molecule has 0 bridgehead atoms. The van der Waals surface area contributed by atoms with E-state index in [0.29, 0.717) is 27.7 Å². The molecule has 10 heteroatoms. The first-order chi connectivity index (χ1) is 15.4. The molecular formula is C22H17N5O5. The second-order valence-electron chi connectivity index (χ2n) is 7.44. The second kappa shape index (κ2) is 6.95. The van der Waals surface area contributed by atoms with Crippen molar-refractivity contribution in [2.75, 3.05) is 7.11 Å². The van der Waals surface area contributed by atoms with Crippen molar-refractivity contribution < 1.29 is 19.4 Å². The van der Waals surface area contributed by atoms with Gasteiger partial charge >= 0.3 is 11.7 Å². The van der Waals surface area contributed by atoms with Crippen molar-refractivity contribution in [3.05, 3.63) is 58.6 Å². The summed E-state index contributed by atoms with van der Waals surface area (Å²) < 4.78 is 6.66. The number of nitrogens with one attached hydrogen (secondary N) is 4.